The van der Waals surface area contributed by atoms with Gasteiger partial charge in [-0.05, 0) is 69.5 Å². The van der Waals surface area contributed by atoms with Crippen molar-refractivity contribution in [1.82, 2.24) is 24.8 Å². The number of likely N-dealkylation sites (tertiary alicyclic amines) is 1. The van der Waals surface area contributed by atoms with E-state index in [0.717, 1.165) is 35.8 Å². The molecule has 9 heteroatoms. The molecule has 0 saturated carbocycles. The van der Waals surface area contributed by atoms with Crippen molar-refractivity contribution in [3.05, 3.63) is 58.5 Å². The van der Waals surface area contributed by atoms with E-state index in [9.17, 15) is 9.59 Å². The highest BCUT2D eigenvalue weighted by Crippen LogP contribution is 2.26. The van der Waals surface area contributed by atoms with Crippen molar-refractivity contribution < 1.29 is 14.3 Å². The summed E-state index contributed by atoms with van der Waals surface area (Å²) in [7, 11) is 1.66. The molecule has 9 nitrogen and oxygen atoms in total. The lowest BCUT2D eigenvalue weighted by molar-refractivity contribution is -0.121. The molecule has 1 aromatic carbocycles. The van der Waals surface area contributed by atoms with Crippen molar-refractivity contribution >= 4 is 17.5 Å². The number of amides is 2. The number of benzene rings is 1. The minimum absolute atomic E-state index is 0.00473. The zero-order chi connectivity index (χ0) is 24.2. The van der Waals surface area contributed by atoms with Gasteiger partial charge in [0.2, 0.25) is 5.91 Å². The Kier molecular flexibility index (Phi) is 7.12. The fourth-order valence-electron chi connectivity index (χ4n) is 4.72. The standard InChI is InChI=1S/C25H32N6O3/c1-16-20(17(2)31-25(29-16)21(14-28-31)24(26)33)10-11-23(32)27-15-22(30-12-4-5-13-30)18-6-8-19(34-3)9-7-18/h6-9,14,22H,4-5,10-13,15H2,1-3H3,(H2,26,33)(H,27,32). The van der Waals surface area contributed by atoms with E-state index in [4.69, 9.17) is 10.5 Å². The highest BCUT2D eigenvalue weighted by molar-refractivity contribution is 5.98. The molecule has 4 rings (SSSR count). The summed E-state index contributed by atoms with van der Waals surface area (Å²) in [6, 6.07) is 8.22. The Balaban J connectivity index is 1.42. The summed E-state index contributed by atoms with van der Waals surface area (Å²) in [5.74, 6) is 0.261. The Hall–Kier alpha value is -3.46. The van der Waals surface area contributed by atoms with Crippen LogP contribution < -0.4 is 15.8 Å². The van der Waals surface area contributed by atoms with E-state index in [0.29, 0.717) is 30.6 Å². The van der Waals surface area contributed by atoms with Crippen LogP contribution in [0.3, 0.4) is 0 Å². The largest absolute Gasteiger partial charge is 0.497 e. The zero-order valence-corrected chi connectivity index (χ0v) is 20.0. The first-order chi connectivity index (χ1) is 16.4. The maximum atomic E-state index is 12.8. The number of carbonyl (C=O) groups excluding carboxylic acids is 2. The molecule has 0 aliphatic carbocycles. The van der Waals surface area contributed by atoms with Gasteiger partial charge in [0.15, 0.2) is 5.65 Å². The fourth-order valence-corrected chi connectivity index (χ4v) is 4.72. The third-order valence-electron chi connectivity index (χ3n) is 6.65. The first-order valence-corrected chi connectivity index (χ1v) is 11.7. The Bertz CT molecular complexity index is 1180. The molecule has 3 N–H and O–H groups in total. The Morgan fingerprint density at radius 2 is 1.88 bits per heavy atom. The van der Waals surface area contributed by atoms with Crippen molar-refractivity contribution in [1.29, 1.82) is 0 Å². The molecule has 0 spiro atoms. The number of nitrogens with zero attached hydrogens (tertiary/aromatic N) is 4. The van der Waals surface area contributed by atoms with Crippen LogP contribution >= 0.6 is 0 Å². The maximum absolute atomic E-state index is 12.8. The average Bonchev–Trinajstić information content (AvgIpc) is 3.50. The van der Waals surface area contributed by atoms with Crippen LogP contribution in [0.25, 0.3) is 5.65 Å². The highest BCUT2D eigenvalue weighted by atomic mass is 16.5. The van der Waals surface area contributed by atoms with Crippen LogP contribution in [-0.4, -0.2) is 58.1 Å². The minimum Gasteiger partial charge on any atom is -0.497 e. The van der Waals surface area contributed by atoms with E-state index in [1.807, 2.05) is 26.0 Å². The quantitative estimate of drug-likeness (QED) is 0.502. The van der Waals surface area contributed by atoms with E-state index < -0.39 is 5.91 Å². The molecule has 1 aliphatic heterocycles. The molecule has 1 aliphatic rings. The van der Waals surface area contributed by atoms with Crippen LogP contribution in [0.15, 0.2) is 30.5 Å². The highest BCUT2D eigenvalue weighted by Gasteiger charge is 2.24. The second kappa shape index (κ2) is 10.2. The Morgan fingerprint density at radius 3 is 2.53 bits per heavy atom. The molecule has 1 fully saturated rings. The molecule has 1 saturated heterocycles. The molecule has 2 aromatic heterocycles. The van der Waals surface area contributed by atoms with Gasteiger partial charge in [-0.1, -0.05) is 12.1 Å². The SMILES string of the molecule is COc1ccc(C(CNC(=O)CCc2c(C)nc3c(C(N)=O)cnn3c2C)N2CCCC2)cc1. The molecular weight excluding hydrogens is 432 g/mol. The number of nitrogens with one attached hydrogen (secondary N) is 1. The number of hydrogen-bond acceptors (Lipinski definition) is 6. The first-order valence-electron chi connectivity index (χ1n) is 11.7. The minimum atomic E-state index is -0.558. The summed E-state index contributed by atoms with van der Waals surface area (Å²) in [6.45, 7) is 6.42. The number of aromatic nitrogens is 3. The van der Waals surface area contributed by atoms with Gasteiger partial charge in [-0.3, -0.25) is 14.5 Å². The molecule has 1 atom stereocenters. The number of primary amides is 1. The van der Waals surface area contributed by atoms with Gasteiger partial charge in [-0.25, -0.2) is 9.50 Å². The number of fused-ring (bicyclic) bond motifs is 1. The fraction of sp³-hybridized carbons (Fsp3) is 0.440. The monoisotopic (exact) mass is 464 g/mol. The third kappa shape index (κ3) is 4.89. The summed E-state index contributed by atoms with van der Waals surface area (Å²) in [6.07, 6.45) is 4.67. The van der Waals surface area contributed by atoms with Crippen LogP contribution in [0.4, 0.5) is 0 Å². The van der Waals surface area contributed by atoms with Gasteiger partial charge in [0.1, 0.15) is 11.3 Å². The predicted molar refractivity (Wildman–Crippen MR) is 129 cm³/mol. The van der Waals surface area contributed by atoms with Gasteiger partial charge in [0.05, 0.1) is 19.3 Å². The van der Waals surface area contributed by atoms with E-state index in [1.165, 1.54) is 24.6 Å². The van der Waals surface area contributed by atoms with Crippen molar-refractivity contribution in [3.63, 3.8) is 0 Å². The molecule has 0 bridgehead atoms. The van der Waals surface area contributed by atoms with Gasteiger partial charge in [0, 0.05) is 24.4 Å². The van der Waals surface area contributed by atoms with Crippen LogP contribution in [0, 0.1) is 13.8 Å². The molecule has 3 aromatic rings. The molecule has 34 heavy (non-hydrogen) atoms. The topological polar surface area (TPSA) is 115 Å². The lowest BCUT2D eigenvalue weighted by Gasteiger charge is -2.28. The van der Waals surface area contributed by atoms with Gasteiger partial charge in [-0.15, -0.1) is 0 Å². The molecule has 3 heterocycles. The average molecular weight is 465 g/mol. The third-order valence-corrected chi connectivity index (χ3v) is 6.65. The van der Waals surface area contributed by atoms with Gasteiger partial charge in [0.25, 0.3) is 5.91 Å². The lowest BCUT2D eigenvalue weighted by atomic mass is 10.0. The first kappa shape index (κ1) is 23.7. The zero-order valence-electron chi connectivity index (χ0n) is 20.0. The van der Waals surface area contributed by atoms with Crippen molar-refractivity contribution in [3.8, 4) is 5.75 Å². The van der Waals surface area contributed by atoms with Crippen LogP contribution in [0.2, 0.25) is 0 Å². The molecule has 2 amide bonds. The van der Waals surface area contributed by atoms with Crippen molar-refractivity contribution in [2.24, 2.45) is 5.73 Å². The molecule has 0 radical (unpaired) electrons. The maximum Gasteiger partial charge on any atom is 0.254 e. The summed E-state index contributed by atoms with van der Waals surface area (Å²) in [5, 5.41) is 7.39. The van der Waals surface area contributed by atoms with Crippen LogP contribution in [0.1, 0.15) is 58.2 Å². The lowest BCUT2D eigenvalue weighted by Crippen LogP contribution is -2.36. The Morgan fingerprint density at radius 1 is 1.18 bits per heavy atom. The van der Waals surface area contributed by atoms with Crippen molar-refractivity contribution in [2.45, 2.75) is 45.6 Å². The Labute approximate surface area is 199 Å². The van der Waals surface area contributed by atoms with E-state index in [2.05, 4.69) is 32.4 Å². The molecule has 180 valence electrons. The number of carbonyl (C=O) groups is 2. The molecular formula is C25H32N6O3. The summed E-state index contributed by atoms with van der Waals surface area (Å²) < 4.78 is 6.91. The number of methoxy groups -OCH3 is 1. The smallest absolute Gasteiger partial charge is 0.254 e. The molecule has 1 unspecified atom stereocenters. The number of hydrogen-bond donors (Lipinski definition) is 2. The number of rotatable bonds is 9. The summed E-state index contributed by atoms with van der Waals surface area (Å²) in [4.78, 5) is 31.4. The van der Waals surface area contributed by atoms with Crippen LogP contribution in [0.5, 0.6) is 5.75 Å². The predicted octanol–water partition coefficient (Wildman–Crippen LogP) is 2.34. The van der Waals surface area contributed by atoms with E-state index >= 15 is 0 Å². The summed E-state index contributed by atoms with van der Waals surface area (Å²) in [5.41, 5.74) is 9.92. The van der Waals surface area contributed by atoms with Crippen molar-refractivity contribution in [2.75, 3.05) is 26.7 Å². The van der Waals surface area contributed by atoms with Gasteiger partial charge < -0.3 is 15.8 Å². The number of ether oxygens (including phenoxy) is 1. The second-order valence-corrected chi connectivity index (χ2v) is 8.76. The second-order valence-electron chi connectivity index (χ2n) is 8.76. The van der Waals surface area contributed by atoms with E-state index in [1.54, 1.807) is 11.6 Å². The van der Waals surface area contributed by atoms with Gasteiger partial charge >= 0.3 is 0 Å². The van der Waals surface area contributed by atoms with E-state index in [-0.39, 0.29) is 11.9 Å². The van der Waals surface area contributed by atoms with Gasteiger partial charge in [-0.2, -0.15) is 5.10 Å². The number of nitrogens with two attached hydrogens (primary N) is 1. The summed E-state index contributed by atoms with van der Waals surface area (Å²) >= 11 is 0. The normalized spacial score (nSPS) is 14.9. The number of aryl methyl sites for hydroxylation is 2. The van der Waals surface area contributed by atoms with Crippen LogP contribution in [-0.2, 0) is 11.2 Å².